The van der Waals surface area contributed by atoms with E-state index < -0.39 is 5.54 Å². The van der Waals surface area contributed by atoms with Gasteiger partial charge in [-0.3, -0.25) is 0 Å². The van der Waals surface area contributed by atoms with Crippen LogP contribution in [-0.2, 0) is 5.54 Å². The Labute approximate surface area is 73.9 Å². The molecule has 0 saturated carbocycles. The Morgan fingerprint density at radius 2 is 2.17 bits per heavy atom. The van der Waals surface area contributed by atoms with Crippen molar-refractivity contribution in [1.29, 1.82) is 0 Å². The number of hydrogen-bond acceptors (Lipinski definition) is 1. The van der Waals surface area contributed by atoms with Crippen LogP contribution >= 0.6 is 0 Å². The van der Waals surface area contributed by atoms with E-state index in [1.807, 2.05) is 19.1 Å². The Hall–Kier alpha value is -1.08. The summed E-state index contributed by atoms with van der Waals surface area (Å²) >= 11 is 0. The number of benzene rings is 1. The molecule has 0 saturated heterocycles. The number of nitrogens with two attached hydrogens (primary N) is 1. The smallest absolute Gasteiger partial charge is 0.0564 e. The minimum atomic E-state index is -0.411. The molecule has 1 heteroatoms. The van der Waals surface area contributed by atoms with E-state index in [1.54, 1.807) is 6.08 Å². The molecule has 0 radical (unpaired) electrons. The molecule has 64 valence electrons. The molecule has 2 N–H and O–H groups in total. The molecule has 1 unspecified atom stereocenters. The van der Waals surface area contributed by atoms with Gasteiger partial charge in [0, 0.05) is 0 Å². The fourth-order valence-electron chi connectivity index (χ4n) is 1.10. The molecular formula is C11H15N. The third-order valence-electron chi connectivity index (χ3n) is 2.06. The summed E-state index contributed by atoms with van der Waals surface area (Å²) in [5.41, 5.74) is 7.91. The van der Waals surface area contributed by atoms with E-state index in [1.165, 1.54) is 5.56 Å². The van der Waals surface area contributed by atoms with Crippen LogP contribution in [0.4, 0.5) is 0 Å². The maximum absolute atomic E-state index is 5.99. The standard InChI is InChI=1S/C11H15N/c1-4-11(3,12)10-7-5-6-9(2)8-10/h4-8H,1,12H2,2-3H3. The highest BCUT2D eigenvalue weighted by Gasteiger charge is 2.15. The minimum Gasteiger partial charge on any atom is -0.318 e. The lowest BCUT2D eigenvalue weighted by molar-refractivity contribution is 0.631. The fraction of sp³-hybridized carbons (Fsp3) is 0.273. The summed E-state index contributed by atoms with van der Waals surface area (Å²) in [7, 11) is 0. The van der Waals surface area contributed by atoms with Gasteiger partial charge in [-0.05, 0) is 19.4 Å². The average Bonchev–Trinajstić information content (AvgIpc) is 2.05. The van der Waals surface area contributed by atoms with Crippen molar-refractivity contribution in [1.82, 2.24) is 0 Å². The molecule has 0 spiro atoms. The summed E-state index contributed by atoms with van der Waals surface area (Å²) in [6.07, 6.45) is 1.77. The first-order valence-corrected chi connectivity index (χ1v) is 4.06. The van der Waals surface area contributed by atoms with Crippen LogP contribution in [0.1, 0.15) is 18.1 Å². The lowest BCUT2D eigenvalue weighted by Gasteiger charge is -2.20. The minimum absolute atomic E-state index is 0.411. The first-order chi connectivity index (χ1) is 5.56. The average molecular weight is 161 g/mol. The van der Waals surface area contributed by atoms with Crippen LogP contribution in [0.25, 0.3) is 0 Å². The highest BCUT2D eigenvalue weighted by atomic mass is 14.7. The van der Waals surface area contributed by atoms with Gasteiger partial charge in [0.05, 0.1) is 5.54 Å². The lowest BCUT2D eigenvalue weighted by Crippen LogP contribution is -2.29. The van der Waals surface area contributed by atoms with Crippen LogP contribution in [0.3, 0.4) is 0 Å². The summed E-state index contributed by atoms with van der Waals surface area (Å²) < 4.78 is 0. The second-order valence-electron chi connectivity index (χ2n) is 3.36. The van der Waals surface area contributed by atoms with Gasteiger partial charge in [0.25, 0.3) is 0 Å². The third-order valence-corrected chi connectivity index (χ3v) is 2.06. The maximum atomic E-state index is 5.99. The van der Waals surface area contributed by atoms with E-state index in [0.717, 1.165) is 5.56 Å². The predicted octanol–water partition coefficient (Wildman–Crippen LogP) is 2.35. The molecule has 1 nitrogen and oxygen atoms in total. The first kappa shape index (κ1) is 9.01. The van der Waals surface area contributed by atoms with Crippen molar-refractivity contribution in [2.75, 3.05) is 0 Å². The Bertz CT molecular complexity index is 287. The van der Waals surface area contributed by atoms with Crippen molar-refractivity contribution in [2.45, 2.75) is 19.4 Å². The Morgan fingerprint density at radius 3 is 2.67 bits per heavy atom. The SMILES string of the molecule is C=CC(C)(N)c1cccc(C)c1. The molecule has 1 aromatic carbocycles. The van der Waals surface area contributed by atoms with Crippen LogP contribution in [0.2, 0.25) is 0 Å². The van der Waals surface area contributed by atoms with Crippen molar-refractivity contribution in [3.63, 3.8) is 0 Å². The van der Waals surface area contributed by atoms with Crippen LogP contribution in [0.15, 0.2) is 36.9 Å². The van der Waals surface area contributed by atoms with Crippen molar-refractivity contribution >= 4 is 0 Å². The van der Waals surface area contributed by atoms with Gasteiger partial charge in [0.1, 0.15) is 0 Å². The normalized spacial score (nSPS) is 15.2. The molecule has 0 aromatic heterocycles. The number of rotatable bonds is 2. The highest BCUT2D eigenvalue weighted by Crippen LogP contribution is 2.19. The zero-order chi connectivity index (χ0) is 9.19. The maximum Gasteiger partial charge on any atom is 0.0564 e. The first-order valence-electron chi connectivity index (χ1n) is 4.06. The summed E-state index contributed by atoms with van der Waals surface area (Å²) in [4.78, 5) is 0. The van der Waals surface area contributed by atoms with E-state index in [9.17, 15) is 0 Å². The molecule has 0 heterocycles. The Morgan fingerprint density at radius 1 is 1.50 bits per heavy atom. The summed E-state index contributed by atoms with van der Waals surface area (Å²) in [5.74, 6) is 0. The summed E-state index contributed by atoms with van der Waals surface area (Å²) in [5, 5.41) is 0. The van der Waals surface area contributed by atoms with Gasteiger partial charge in [-0.1, -0.05) is 35.9 Å². The van der Waals surface area contributed by atoms with Gasteiger partial charge >= 0.3 is 0 Å². The Kier molecular flexibility index (Phi) is 2.34. The molecule has 1 atom stereocenters. The van der Waals surface area contributed by atoms with Crippen molar-refractivity contribution in [3.8, 4) is 0 Å². The van der Waals surface area contributed by atoms with E-state index in [0.29, 0.717) is 0 Å². The zero-order valence-electron chi connectivity index (χ0n) is 7.67. The van der Waals surface area contributed by atoms with E-state index in [2.05, 4.69) is 25.6 Å². The van der Waals surface area contributed by atoms with E-state index in [4.69, 9.17) is 5.73 Å². The van der Waals surface area contributed by atoms with E-state index in [-0.39, 0.29) is 0 Å². The highest BCUT2D eigenvalue weighted by molar-refractivity contribution is 5.31. The quantitative estimate of drug-likeness (QED) is 0.662. The summed E-state index contributed by atoms with van der Waals surface area (Å²) in [6.45, 7) is 7.72. The molecule has 0 fully saturated rings. The van der Waals surface area contributed by atoms with Crippen molar-refractivity contribution in [3.05, 3.63) is 48.0 Å². The second-order valence-corrected chi connectivity index (χ2v) is 3.36. The molecular weight excluding hydrogens is 146 g/mol. The van der Waals surface area contributed by atoms with Gasteiger partial charge in [-0.25, -0.2) is 0 Å². The summed E-state index contributed by atoms with van der Waals surface area (Å²) in [6, 6.07) is 8.18. The van der Waals surface area contributed by atoms with Crippen LogP contribution in [0.5, 0.6) is 0 Å². The molecule has 12 heavy (non-hydrogen) atoms. The topological polar surface area (TPSA) is 26.0 Å². The molecule has 0 amide bonds. The predicted molar refractivity (Wildman–Crippen MR) is 52.9 cm³/mol. The largest absolute Gasteiger partial charge is 0.318 e. The Balaban J connectivity index is 3.11. The number of aryl methyl sites for hydroxylation is 1. The van der Waals surface area contributed by atoms with Gasteiger partial charge in [0.2, 0.25) is 0 Å². The van der Waals surface area contributed by atoms with Crippen molar-refractivity contribution < 1.29 is 0 Å². The monoisotopic (exact) mass is 161 g/mol. The second kappa shape index (κ2) is 3.11. The number of hydrogen-bond donors (Lipinski definition) is 1. The van der Waals surface area contributed by atoms with Gasteiger partial charge < -0.3 is 5.73 Å². The molecule has 0 bridgehead atoms. The molecule has 0 aliphatic carbocycles. The van der Waals surface area contributed by atoms with Crippen LogP contribution in [0, 0.1) is 6.92 Å². The van der Waals surface area contributed by atoms with Crippen LogP contribution in [-0.4, -0.2) is 0 Å². The molecule has 1 rings (SSSR count). The fourth-order valence-corrected chi connectivity index (χ4v) is 1.10. The van der Waals surface area contributed by atoms with Gasteiger partial charge in [-0.2, -0.15) is 0 Å². The van der Waals surface area contributed by atoms with Gasteiger partial charge in [-0.15, -0.1) is 6.58 Å². The molecule has 0 aliphatic heterocycles. The third kappa shape index (κ3) is 1.74. The van der Waals surface area contributed by atoms with Crippen LogP contribution < -0.4 is 5.73 Å². The molecule has 1 aromatic rings. The lowest BCUT2D eigenvalue weighted by atomic mass is 9.92. The van der Waals surface area contributed by atoms with E-state index >= 15 is 0 Å². The van der Waals surface area contributed by atoms with Crippen molar-refractivity contribution in [2.24, 2.45) is 5.73 Å². The van der Waals surface area contributed by atoms with Gasteiger partial charge in [0.15, 0.2) is 0 Å². The molecule has 0 aliphatic rings. The zero-order valence-corrected chi connectivity index (χ0v) is 7.67.